The van der Waals surface area contributed by atoms with E-state index in [1.165, 1.54) is 6.92 Å². The summed E-state index contributed by atoms with van der Waals surface area (Å²) in [6.45, 7) is 6.16. The monoisotopic (exact) mass is 673 g/mol. The number of carbonyl (C=O) groups is 6. The molecule has 0 bridgehead atoms. The minimum Gasteiger partial charge on any atom is -0.480 e. The van der Waals surface area contributed by atoms with Gasteiger partial charge < -0.3 is 36.4 Å². The van der Waals surface area contributed by atoms with Crippen molar-refractivity contribution in [3.05, 3.63) is 107 Å². The Morgan fingerprint density at radius 2 is 1.18 bits per heavy atom. The van der Waals surface area contributed by atoms with Crippen LogP contribution in [0.15, 0.2) is 84.9 Å². The van der Waals surface area contributed by atoms with E-state index in [1.807, 2.05) is 30.3 Å². The SMILES string of the molecule is C[C@H](NC(=O)[C@H](Cc1ccc(C(=O)NCc2ccccc2)cc1)NC(=O)OC(C)(C)C)C(=O)N[C@@H](Cc1ccccc1)C(=O)NCC(=O)O. The highest BCUT2D eigenvalue weighted by molar-refractivity contribution is 5.95. The molecule has 13 heteroatoms. The molecular weight excluding hydrogens is 630 g/mol. The molecule has 49 heavy (non-hydrogen) atoms. The molecule has 0 saturated carbocycles. The van der Waals surface area contributed by atoms with Gasteiger partial charge in [0.15, 0.2) is 0 Å². The van der Waals surface area contributed by atoms with Crippen molar-refractivity contribution >= 4 is 35.7 Å². The number of hydrogen-bond donors (Lipinski definition) is 6. The fourth-order valence-electron chi connectivity index (χ4n) is 4.59. The van der Waals surface area contributed by atoms with Crippen molar-refractivity contribution in [1.29, 1.82) is 0 Å². The zero-order valence-corrected chi connectivity index (χ0v) is 27.9. The Kier molecular flexibility index (Phi) is 13.9. The minimum absolute atomic E-state index is 0.000440. The van der Waals surface area contributed by atoms with Crippen LogP contribution in [0.3, 0.4) is 0 Å². The number of rotatable bonds is 15. The fourth-order valence-corrected chi connectivity index (χ4v) is 4.59. The third-order valence-electron chi connectivity index (χ3n) is 7.04. The lowest BCUT2D eigenvalue weighted by molar-refractivity contribution is -0.138. The summed E-state index contributed by atoms with van der Waals surface area (Å²) in [5.74, 6) is -3.64. The molecule has 0 aliphatic heterocycles. The molecule has 0 fully saturated rings. The molecule has 0 saturated heterocycles. The molecular formula is C36H43N5O8. The van der Waals surface area contributed by atoms with Crippen molar-refractivity contribution in [1.82, 2.24) is 26.6 Å². The Balaban J connectivity index is 1.70. The largest absolute Gasteiger partial charge is 0.480 e. The number of carboxylic acid groups (broad SMARTS) is 1. The van der Waals surface area contributed by atoms with Gasteiger partial charge in [-0.05, 0) is 56.5 Å². The first kappa shape index (κ1) is 37.7. The highest BCUT2D eigenvalue weighted by Crippen LogP contribution is 2.11. The highest BCUT2D eigenvalue weighted by Gasteiger charge is 2.29. The maximum atomic E-state index is 13.5. The van der Waals surface area contributed by atoms with E-state index in [2.05, 4.69) is 26.6 Å². The number of carboxylic acids is 1. The first-order chi connectivity index (χ1) is 23.2. The molecule has 3 rings (SSSR count). The van der Waals surface area contributed by atoms with Crippen LogP contribution in [0.5, 0.6) is 0 Å². The average Bonchev–Trinajstić information content (AvgIpc) is 3.05. The lowest BCUT2D eigenvalue weighted by atomic mass is 10.0. The van der Waals surface area contributed by atoms with E-state index in [0.717, 1.165) is 11.1 Å². The third-order valence-corrected chi connectivity index (χ3v) is 7.04. The molecule has 13 nitrogen and oxygen atoms in total. The second-order valence-electron chi connectivity index (χ2n) is 12.4. The van der Waals surface area contributed by atoms with Crippen molar-refractivity contribution in [2.45, 2.75) is 70.8 Å². The quantitative estimate of drug-likeness (QED) is 0.142. The number of aliphatic carboxylic acids is 1. The lowest BCUT2D eigenvalue weighted by Gasteiger charge is -2.25. The number of ether oxygens (including phenoxy) is 1. The van der Waals surface area contributed by atoms with Gasteiger partial charge in [-0.1, -0.05) is 72.8 Å². The molecule has 3 atom stereocenters. The first-order valence-electron chi connectivity index (χ1n) is 15.7. The molecule has 3 aromatic rings. The van der Waals surface area contributed by atoms with Gasteiger partial charge in [0.05, 0.1) is 0 Å². The number of benzene rings is 3. The second-order valence-corrected chi connectivity index (χ2v) is 12.4. The van der Waals surface area contributed by atoms with E-state index in [1.54, 1.807) is 75.4 Å². The summed E-state index contributed by atoms with van der Waals surface area (Å²) in [5.41, 5.74) is 1.85. The normalized spacial score (nSPS) is 12.7. The Morgan fingerprint density at radius 1 is 0.653 bits per heavy atom. The number of nitrogens with one attached hydrogen (secondary N) is 5. The number of hydrogen-bond acceptors (Lipinski definition) is 7. The number of carbonyl (C=O) groups excluding carboxylic acids is 5. The maximum Gasteiger partial charge on any atom is 0.408 e. The molecule has 5 amide bonds. The van der Waals surface area contributed by atoms with Crippen LogP contribution < -0.4 is 26.6 Å². The summed E-state index contributed by atoms with van der Waals surface area (Å²) >= 11 is 0. The summed E-state index contributed by atoms with van der Waals surface area (Å²) in [6, 6.07) is 21.4. The molecule has 0 radical (unpaired) electrons. The van der Waals surface area contributed by atoms with E-state index in [0.29, 0.717) is 17.7 Å². The van der Waals surface area contributed by atoms with Gasteiger partial charge in [0, 0.05) is 24.9 Å². The van der Waals surface area contributed by atoms with E-state index in [9.17, 15) is 28.8 Å². The molecule has 0 aromatic heterocycles. The molecule has 3 aromatic carbocycles. The summed E-state index contributed by atoms with van der Waals surface area (Å²) in [7, 11) is 0. The summed E-state index contributed by atoms with van der Waals surface area (Å²) < 4.78 is 5.35. The van der Waals surface area contributed by atoms with Crippen LogP contribution in [0, 0.1) is 0 Å². The molecule has 0 heterocycles. The first-order valence-corrected chi connectivity index (χ1v) is 15.7. The van der Waals surface area contributed by atoms with Crippen molar-refractivity contribution in [2.24, 2.45) is 0 Å². The smallest absolute Gasteiger partial charge is 0.408 e. The van der Waals surface area contributed by atoms with Gasteiger partial charge in [-0.3, -0.25) is 24.0 Å². The zero-order chi connectivity index (χ0) is 36.0. The third kappa shape index (κ3) is 13.5. The molecule has 0 aliphatic carbocycles. The highest BCUT2D eigenvalue weighted by atomic mass is 16.6. The van der Waals surface area contributed by atoms with E-state index >= 15 is 0 Å². The zero-order valence-electron chi connectivity index (χ0n) is 27.9. The Bertz CT molecular complexity index is 1590. The van der Waals surface area contributed by atoms with Crippen molar-refractivity contribution in [3.8, 4) is 0 Å². The van der Waals surface area contributed by atoms with Crippen molar-refractivity contribution in [3.63, 3.8) is 0 Å². The molecule has 0 unspecified atom stereocenters. The molecule has 0 spiro atoms. The van der Waals surface area contributed by atoms with Crippen LogP contribution in [-0.4, -0.2) is 71.1 Å². The van der Waals surface area contributed by atoms with E-state index in [4.69, 9.17) is 9.84 Å². The van der Waals surface area contributed by atoms with Gasteiger partial charge in [-0.15, -0.1) is 0 Å². The molecule has 260 valence electrons. The average molecular weight is 674 g/mol. The van der Waals surface area contributed by atoms with Crippen LogP contribution >= 0.6 is 0 Å². The Morgan fingerprint density at radius 3 is 1.73 bits per heavy atom. The van der Waals surface area contributed by atoms with Gasteiger partial charge in [0.25, 0.3) is 5.91 Å². The summed E-state index contributed by atoms with van der Waals surface area (Å²) in [5, 5.41) is 21.8. The van der Waals surface area contributed by atoms with E-state index < -0.39 is 60.1 Å². The summed E-state index contributed by atoms with van der Waals surface area (Å²) in [6.07, 6.45) is -0.777. The predicted octanol–water partition coefficient (Wildman–Crippen LogP) is 2.49. The molecule has 6 N–H and O–H groups in total. The van der Waals surface area contributed by atoms with Gasteiger partial charge in [0.1, 0.15) is 30.3 Å². The maximum absolute atomic E-state index is 13.5. The van der Waals surface area contributed by atoms with Crippen LogP contribution in [-0.2, 0) is 43.3 Å². The van der Waals surface area contributed by atoms with Crippen LogP contribution in [0.25, 0.3) is 0 Å². The topological polar surface area (TPSA) is 192 Å². The van der Waals surface area contributed by atoms with Gasteiger partial charge in [-0.2, -0.15) is 0 Å². The number of amides is 5. The van der Waals surface area contributed by atoms with Gasteiger partial charge in [0.2, 0.25) is 17.7 Å². The standard InChI is InChI=1S/C36H43N5O8/c1-23(31(44)40-28(33(46)38-22-30(42)43)19-24-11-7-5-8-12-24)39-34(47)29(41-35(48)49-36(2,3)4)20-25-15-17-27(18-16-25)32(45)37-21-26-13-9-6-10-14-26/h5-18,23,28-29H,19-22H2,1-4H3,(H,37,45)(H,38,46)(H,39,47)(H,40,44)(H,41,48)(H,42,43)/t23-,28-,29-/m0/s1. The molecule has 0 aliphatic rings. The fraction of sp³-hybridized carbons (Fsp3) is 0.333. The van der Waals surface area contributed by atoms with E-state index in [-0.39, 0.29) is 18.7 Å². The lowest BCUT2D eigenvalue weighted by Crippen LogP contribution is -2.57. The van der Waals surface area contributed by atoms with Crippen LogP contribution in [0.1, 0.15) is 54.7 Å². The number of alkyl carbamates (subject to hydrolysis) is 1. The van der Waals surface area contributed by atoms with Crippen molar-refractivity contribution in [2.75, 3.05) is 6.54 Å². The predicted molar refractivity (Wildman–Crippen MR) is 181 cm³/mol. The van der Waals surface area contributed by atoms with Crippen LogP contribution in [0.4, 0.5) is 4.79 Å². The second kappa shape index (κ2) is 18.0. The van der Waals surface area contributed by atoms with Gasteiger partial charge >= 0.3 is 12.1 Å². The van der Waals surface area contributed by atoms with Crippen molar-refractivity contribution < 1.29 is 38.6 Å². The van der Waals surface area contributed by atoms with Gasteiger partial charge in [-0.25, -0.2) is 4.79 Å². The Labute approximate surface area is 285 Å². The van der Waals surface area contributed by atoms with Crippen LogP contribution in [0.2, 0.25) is 0 Å². The Hall–Kier alpha value is -5.72. The minimum atomic E-state index is -1.25. The summed E-state index contributed by atoms with van der Waals surface area (Å²) in [4.78, 5) is 75.8.